The van der Waals surface area contributed by atoms with Gasteiger partial charge in [0.1, 0.15) is 0 Å². The molecule has 0 saturated carbocycles. The van der Waals surface area contributed by atoms with E-state index in [4.69, 9.17) is 13.6 Å². The molecule has 2 aromatic carbocycles. The fourth-order valence-corrected chi connectivity index (χ4v) is 12.3. The van der Waals surface area contributed by atoms with Gasteiger partial charge in [0.15, 0.2) is 0 Å². The lowest BCUT2D eigenvalue weighted by Gasteiger charge is -2.34. The van der Waals surface area contributed by atoms with E-state index in [0.717, 1.165) is 48.9 Å². The maximum Gasteiger partial charge on any atom is 0.338 e. The number of ether oxygens (including phenoxy) is 2. The molecule has 37 heavy (non-hydrogen) atoms. The number of esters is 2. The van der Waals surface area contributed by atoms with E-state index in [1.54, 1.807) is 0 Å². The number of unbranched alkanes of at least 4 members (excludes halogenated alkanes) is 6. The van der Waals surface area contributed by atoms with Crippen molar-refractivity contribution in [2.24, 2.45) is 0 Å². The Bertz CT molecular complexity index is 889. The molecule has 5 nitrogen and oxygen atoms in total. The van der Waals surface area contributed by atoms with E-state index in [1.807, 2.05) is 48.5 Å². The quantitative estimate of drug-likeness (QED) is 0.134. The van der Waals surface area contributed by atoms with Crippen LogP contribution in [-0.2, 0) is 13.6 Å². The summed E-state index contributed by atoms with van der Waals surface area (Å²) in [4.78, 5) is 24.7. The van der Waals surface area contributed by atoms with Gasteiger partial charge < -0.3 is 13.6 Å². The van der Waals surface area contributed by atoms with Crippen molar-refractivity contribution < 1.29 is 23.2 Å². The summed E-state index contributed by atoms with van der Waals surface area (Å²) in [7, 11) is -4.48. The van der Waals surface area contributed by atoms with Crippen LogP contribution in [0.4, 0.5) is 0 Å². The van der Waals surface area contributed by atoms with Crippen molar-refractivity contribution in [2.45, 2.75) is 91.4 Å². The van der Waals surface area contributed by atoms with Crippen LogP contribution >= 0.6 is 0 Å². The Morgan fingerprint density at radius 3 is 1.24 bits per heavy atom. The Hall–Kier alpha value is -2.23. The first-order chi connectivity index (χ1) is 17.6. The SMILES string of the molecule is CCCCCCOC(=O)c1ccc([Si](C)(C)O[Si](C)(C)c2ccc(C(=O)OCCCCCC)cc2)cc1. The second-order valence-electron chi connectivity index (χ2n) is 10.7. The smallest absolute Gasteiger partial charge is 0.338 e. The molecular weight excluding hydrogens is 496 g/mol. The fourth-order valence-electron chi connectivity index (χ4n) is 4.33. The summed E-state index contributed by atoms with van der Waals surface area (Å²) in [6.07, 6.45) is 8.66. The largest absolute Gasteiger partial charge is 0.462 e. The van der Waals surface area contributed by atoms with Crippen LogP contribution in [0.25, 0.3) is 0 Å². The molecule has 0 atom stereocenters. The van der Waals surface area contributed by atoms with Gasteiger partial charge in [-0.05, 0) is 73.7 Å². The number of rotatable bonds is 16. The minimum Gasteiger partial charge on any atom is -0.462 e. The van der Waals surface area contributed by atoms with E-state index in [0.29, 0.717) is 24.3 Å². The first-order valence-electron chi connectivity index (χ1n) is 13.9. The average Bonchev–Trinajstić information content (AvgIpc) is 2.88. The van der Waals surface area contributed by atoms with E-state index in [9.17, 15) is 9.59 Å². The predicted molar refractivity (Wildman–Crippen MR) is 157 cm³/mol. The van der Waals surface area contributed by atoms with Crippen LogP contribution < -0.4 is 10.4 Å². The third-order valence-corrected chi connectivity index (χ3v) is 14.1. The molecule has 0 aliphatic rings. The zero-order chi connectivity index (χ0) is 27.3. The van der Waals surface area contributed by atoms with Gasteiger partial charge in [-0.15, -0.1) is 0 Å². The molecule has 0 unspecified atom stereocenters. The van der Waals surface area contributed by atoms with Crippen molar-refractivity contribution in [1.82, 2.24) is 0 Å². The molecule has 0 saturated heterocycles. The lowest BCUT2D eigenvalue weighted by Crippen LogP contribution is -2.57. The first-order valence-corrected chi connectivity index (χ1v) is 19.7. The van der Waals surface area contributed by atoms with Gasteiger partial charge in [0.05, 0.1) is 24.3 Å². The standard InChI is InChI=1S/C30H46O5Si2/c1-7-9-11-13-23-33-29(31)25-15-19-27(20-16-25)36(3,4)35-37(5,6)28-21-17-26(18-22-28)30(32)34-24-14-12-10-8-2/h15-22H,7-14,23-24H2,1-6H3. The molecule has 0 amide bonds. The van der Waals surface area contributed by atoms with Gasteiger partial charge in [-0.1, -0.05) is 76.6 Å². The number of carbonyl (C=O) groups excluding carboxylic acids is 2. The summed E-state index contributed by atoms with van der Waals surface area (Å²) in [6.45, 7) is 14.0. The molecular formula is C30H46O5Si2. The zero-order valence-electron chi connectivity index (χ0n) is 23.7. The second-order valence-corrected chi connectivity index (χ2v) is 18.7. The van der Waals surface area contributed by atoms with E-state index in [-0.39, 0.29) is 11.9 Å². The normalized spacial score (nSPS) is 11.8. The molecule has 0 N–H and O–H groups in total. The van der Waals surface area contributed by atoms with Gasteiger partial charge in [-0.2, -0.15) is 0 Å². The highest BCUT2D eigenvalue weighted by molar-refractivity contribution is 6.96. The van der Waals surface area contributed by atoms with Gasteiger partial charge in [0, 0.05) is 0 Å². The van der Waals surface area contributed by atoms with Crippen LogP contribution in [0, 0.1) is 0 Å². The van der Waals surface area contributed by atoms with Crippen molar-refractivity contribution >= 4 is 38.9 Å². The van der Waals surface area contributed by atoms with E-state index in [2.05, 4.69) is 40.0 Å². The highest BCUT2D eigenvalue weighted by atomic mass is 28.4. The monoisotopic (exact) mass is 542 g/mol. The van der Waals surface area contributed by atoms with Crippen LogP contribution in [0.5, 0.6) is 0 Å². The van der Waals surface area contributed by atoms with Crippen molar-refractivity contribution in [3.8, 4) is 0 Å². The third-order valence-electron chi connectivity index (χ3n) is 6.60. The van der Waals surface area contributed by atoms with E-state index < -0.39 is 16.6 Å². The van der Waals surface area contributed by atoms with Crippen molar-refractivity contribution in [2.75, 3.05) is 13.2 Å². The van der Waals surface area contributed by atoms with Gasteiger partial charge in [-0.25, -0.2) is 9.59 Å². The second kappa shape index (κ2) is 15.2. The Morgan fingerprint density at radius 1 is 0.568 bits per heavy atom. The van der Waals surface area contributed by atoms with Crippen LogP contribution in [0.3, 0.4) is 0 Å². The van der Waals surface area contributed by atoms with Crippen molar-refractivity contribution in [1.29, 1.82) is 0 Å². The van der Waals surface area contributed by atoms with Crippen LogP contribution in [0.1, 0.15) is 85.9 Å². The summed E-state index contributed by atoms with van der Waals surface area (Å²) in [5.74, 6) is -0.532. The van der Waals surface area contributed by atoms with Gasteiger partial charge in [-0.3, -0.25) is 0 Å². The van der Waals surface area contributed by atoms with Gasteiger partial charge in [0.2, 0.25) is 16.6 Å². The van der Waals surface area contributed by atoms with Crippen LogP contribution in [0.15, 0.2) is 48.5 Å². The summed E-state index contributed by atoms with van der Waals surface area (Å²) in [6, 6.07) is 15.4. The minimum absolute atomic E-state index is 0.266. The van der Waals surface area contributed by atoms with E-state index in [1.165, 1.54) is 12.8 Å². The highest BCUT2D eigenvalue weighted by Gasteiger charge is 2.36. The third kappa shape index (κ3) is 10.2. The molecule has 0 fully saturated rings. The molecule has 0 bridgehead atoms. The first kappa shape index (κ1) is 31.0. The van der Waals surface area contributed by atoms with Crippen molar-refractivity contribution in [3.05, 3.63) is 59.7 Å². The zero-order valence-corrected chi connectivity index (χ0v) is 25.7. The number of hydrogen-bond donors (Lipinski definition) is 0. The van der Waals surface area contributed by atoms with E-state index >= 15 is 0 Å². The molecule has 0 radical (unpaired) electrons. The minimum atomic E-state index is -2.24. The molecule has 2 aromatic rings. The summed E-state index contributed by atoms with van der Waals surface area (Å²) in [5, 5.41) is 2.27. The molecule has 204 valence electrons. The molecule has 2 rings (SSSR count). The topological polar surface area (TPSA) is 61.8 Å². The van der Waals surface area contributed by atoms with Gasteiger partial charge in [0.25, 0.3) is 0 Å². The fraction of sp³-hybridized carbons (Fsp3) is 0.533. The van der Waals surface area contributed by atoms with Crippen LogP contribution in [-0.4, -0.2) is 41.8 Å². The Labute approximate surface area is 226 Å². The summed E-state index contributed by atoms with van der Waals surface area (Å²) in [5.41, 5.74) is 1.15. The lowest BCUT2D eigenvalue weighted by molar-refractivity contribution is 0.0488. The van der Waals surface area contributed by atoms with Gasteiger partial charge >= 0.3 is 11.9 Å². The number of benzene rings is 2. The summed E-state index contributed by atoms with van der Waals surface area (Å²) >= 11 is 0. The maximum atomic E-state index is 12.4. The maximum absolute atomic E-state index is 12.4. The van der Waals surface area contributed by atoms with Crippen LogP contribution in [0.2, 0.25) is 26.2 Å². The Morgan fingerprint density at radius 2 is 0.919 bits per heavy atom. The average molecular weight is 543 g/mol. The molecule has 0 heterocycles. The predicted octanol–water partition coefficient (Wildman–Crippen LogP) is 6.70. The molecule has 7 heteroatoms. The molecule has 0 aliphatic carbocycles. The lowest BCUT2D eigenvalue weighted by atomic mass is 10.2. The summed E-state index contributed by atoms with van der Waals surface area (Å²) < 4.78 is 17.7. The number of hydrogen-bond acceptors (Lipinski definition) is 5. The molecule has 0 aromatic heterocycles. The Kier molecular flexibility index (Phi) is 12.8. The van der Waals surface area contributed by atoms with Crippen molar-refractivity contribution in [3.63, 3.8) is 0 Å². The molecule has 0 aliphatic heterocycles. The molecule has 0 spiro atoms. The highest BCUT2D eigenvalue weighted by Crippen LogP contribution is 2.17. The number of carbonyl (C=O) groups is 2. The Balaban J connectivity index is 1.96.